The second-order valence-corrected chi connectivity index (χ2v) is 40.2. The molecule has 6 saturated heterocycles. The molecule has 4 aromatic heterocycles. The number of carbonyl (C=O) groups is 8. The molecule has 30 heteroatoms. The first kappa shape index (κ1) is 95.2. The fourth-order valence-corrected chi connectivity index (χ4v) is 23.2. The number of benzene rings is 4. The number of aryl methyl sites for hydroxylation is 2. The Bertz CT molecular complexity index is 5340. The van der Waals surface area contributed by atoms with Crippen molar-refractivity contribution in [2.75, 3.05) is 119 Å². The number of urea groups is 2. The summed E-state index contributed by atoms with van der Waals surface area (Å²) in [6.45, 7) is 15.5. The van der Waals surface area contributed by atoms with E-state index in [2.05, 4.69) is 49.4 Å². The van der Waals surface area contributed by atoms with Gasteiger partial charge in [0.05, 0.1) is 51.9 Å². The van der Waals surface area contributed by atoms with Crippen molar-refractivity contribution in [2.45, 2.75) is 269 Å². The SMILES string of the molecule is Cc1cc(C[C@@H](NC(=O)N2CCC(c3cc4ccccc4n(COC(=O)C4CCCCC4)c3=O)CC2)C(=O)N2CCN(C3CCN(C)CC3)CC2)cc2cn(COC(=O)C3CCCCC3)nc12.Cc1cc(C[C@@H](NC(=O)N2CCC(c3cc4ccccc4n(COC(=O)C4CCCCC4)c3=O)CC2)C(=O)N2CCN(C3CCN(C)CC3)CC2)cc2cnn(COC(=O)C3CCCCC3)c12. The van der Waals surface area contributed by atoms with E-state index in [1.165, 1.54) is 12.8 Å². The molecule has 720 valence electrons. The van der Waals surface area contributed by atoms with Crippen molar-refractivity contribution in [1.82, 2.24) is 78.5 Å². The van der Waals surface area contributed by atoms with Gasteiger partial charge in [-0.1, -0.05) is 126 Å². The minimum absolute atomic E-state index is 0.0437. The molecule has 10 fully saturated rings. The van der Waals surface area contributed by atoms with Crippen LogP contribution in [0, 0.1) is 37.5 Å². The van der Waals surface area contributed by atoms with Crippen LogP contribution in [0.25, 0.3) is 43.6 Å². The lowest BCUT2D eigenvalue weighted by molar-refractivity contribution is -0.154. The van der Waals surface area contributed by atoms with Crippen LogP contribution in [0.5, 0.6) is 0 Å². The quantitative estimate of drug-likeness (QED) is 0.0419. The zero-order valence-electron chi connectivity index (χ0n) is 79.3. The number of aromatic nitrogens is 6. The van der Waals surface area contributed by atoms with E-state index in [-0.39, 0.29) is 121 Å². The van der Waals surface area contributed by atoms with Gasteiger partial charge in [0.15, 0.2) is 26.9 Å². The predicted molar refractivity (Wildman–Crippen MR) is 513 cm³/mol. The highest BCUT2D eigenvalue weighted by Crippen LogP contribution is 2.36. The average Bonchev–Trinajstić information content (AvgIpc) is 1.44. The van der Waals surface area contributed by atoms with E-state index >= 15 is 0 Å². The van der Waals surface area contributed by atoms with Crippen molar-refractivity contribution in [3.8, 4) is 0 Å². The first-order chi connectivity index (χ1) is 65.2. The second-order valence-electron chi connectivity index (χ2n) is 40.2. The number of pyridine rings is 2. The number of hydrogen-bond donors (Lipinski definition) is 2. The van der Waals surface area contributed by atoms with Crippen molar-refractivity contribution in [3.63, 3.8) is 0 Å². The molecule has 30 nitrogen and oxygen atoms in total. The smallest absolute Gasteiger partial charge is 0.318 e. The largest absolute Gasteiger partial charge is 0.444 e. The molecule has 134 heavy (non-hydrogen) atoms. The van der Waals surface area contributed by atoms with E-state index in [4.69, 9.17) is 24.0 Å². The van der Waals surface area contributed by atoms with Crippen LogP contribution in [-0.4, -0.2) is 259 Å². The molecule has 6 amide bonds. The number of carbonyl (C=O) groups excluding carboxylic acids is 8. The van der Waals surface area contributed by atoms with Crippen LogP contribution >= 0.6 is 0 Å². The van der Waals surface area contributed by atoms with Crippen LogP contribution in [0.2, 0.25) is 0 Å². The van der Waals surface area contributed by atoms with E-state index in [0.717, 1.165) is 259 Å². The average molecular weight is 1840 g/mol. The molecule has 2 atom stereocenters. The van der Waals surface area contributed by atoms with Gasteiger partial charge in [0.25, 0.3) is 11.1 Å². The van der Waals surface area contributed by atoms with Crippen LogP contribution in [0.4, 0.5) is 9.59 Å². The summed E-state index contributed by atoms with van der Waals surface area (Å²) in [5.41, 5.74) is 7.81. The van der Waals surface area contributed by atoms with Crippen LogP contribution in [0.3, 0.4) is 0 Å². The van der Waals surface area contributed by atoms with E-state index in [1.807, 2.05) is 115 Å². The van der Waals surface area contributed by atoms with Crippen molar-refractivity contribution >= 4 is 91.4 Å². The molecule has 6 aliphatic heterocycles. The Hall–Kier alpha value is -10.6. The van der Waals surface area contributed by atoms with Gasteiger partial charge in [-0.2, -0.15) is 10.2 Å². The van der Waals surface area contributed by atoms with E-state index < -0.39 is 12.1 Å². The highest BCUT2D eigenvalue weighted by Gasteiger charge is 2.39. The Labute approximate surface area is 786 Å². The lowest BCUT2D eigenvalue weighted by Crippen LogP contribution is -2.59. The van der Waals surface area contributed by atoms with Gasteiger partial charge < -0.3 is 59.0 Å². The summed E-state index contributed by atoms with van der Waals surface area (Å²) in [6.07, 6.45) is 30.8. The molecule has 0 bridgehead atoms. The minimum atomic E-state index is -0.799. The molecule has 8 aromatic rings. The van der Waals surface area contributed by atoms with Gasteiger partial charge >= 0.3 is 35.9 Å². The van der Waals surface area contributed by atoms with Crippen LogP contribution in [0.1, 0.15) is 225 Å². The number of amides is 6. The topological polar surface area (TPSA) is 303 Å². The zero-order chi connectivity index (χ0) is 92.9. The number of ether oxygens (including phenoxy) is 4. The van der Waals surface area contributed by atoms with Crippen LogP contribution in [0.15, 0.2) is 107 Å². The van der Waals surface area contributed by atoms with Gasteiger partial charge in [-0.3, -0.25) is 57.3 Å². The Balaban J connectivity index is 0.000000187. The fraction of sp³-hybridized carbons (Fsp3) is 0.615. The molecule has 0 unspecified atom stereocenters. The number of nitrogens with one attached hydrogen (secondary N) is 2. The Kier molecular flexibility index (Phi) is 31.6. The van der Waals surface area contributed by atoms with E-state index in [1.54, 1.807) is 34.5 Å². The number of piperazine rings is 2. The maximum atomic E-state index is 14.6. The molecular formula is C104H140N16O14. The van der Waals surface area contributed by atoms with Crippen LogP contribution < -0.4 is 21.8 Å². The van der Waals surface area contributed by atoms with Crippen molar-refractivity contribution in [1.29, 1.82) is 0 Å². The maximum Gasteiger partial charge on any atom is 0.318 e. The van der Waals surface area contributed by atoms with Crippen molar-refractivity contribution in [2.24, 2.45) is 23.7 Å². The van der Waals surface area contributed by atoms with Gasteiger partial charge in [-0.05, 0) is 238 Å². The number of esters is 4. The summed E-state index contributed by atoms with van der Waals surface area (Å²) < 4.78 is 29.6. The summed E-state index contributed by atoms with van der Waals surface area (Å²) in [4.78, 5) is 155. The van der Waals surface area contributed by atoms with Gasteiger partial charge in [-0.15, -0.1) is 0 Å². The molecule has 4 aliphatic carbocycles. The first-order valence-corrected chi connectivity index (χ1v) is 50.5. The predicted octanol–water partition coefficient (Wildman–Crippen LogP) is 13.1. The summed E-state index contributed by atoms with van der Waals surface area (Å²) in [6, 6.07) is 26.3. The number of fused-ring (bicyclic) bond motifs is 4. The van der Waals surface area contributed by atoms with Gasteiger partial charge in [0, 0.05) is 132 Å². The number of rotatable bonds is 24. The second kappa shape index (κ2) is 44.5. The molecule has 0 radical (unpaired) electrons. The highest BCUT2D eigenvalue weighted by atomic mass is 16.6. The minimum Gasteiger partial charge on any atom is -0.444 e. The lowest BCUT2D eigenvalue weighted by Gasteiger charge is -2.43. The standard InChI is InChI=1S/2C52H70N8O7/c1-36-29-37(30-42-33-59(54-47(36)42)34-66-50(63)39-11-5-3-6-12-39)31-45(49(62)57-27-25-56(26-28-57)43-19-21-55(2)22-20-43)53-52(65)58-23-17-38(18-24-58)44-32-41-15-9-10-16-46(41)60(48(44)61)35-67-51(64)40-13-7-4-8-14-40;1-36-29-37(30-42-33-53-60(47(36)42)35-67-51(64)40-13-7-4-8-14-40)31-45(49(62)57-27-25-56(26-28-57)43-19-21-55(2)22-20-43)54-52(65)58-23-17-38(18-24-58)44-32-41-15-9-10-16-46(41)59(48(44)61)34-66-50(63)39-11-5-3-6-12-39/h9-10,15-16,29-30,32-33,38-40,43,45H,3-8,11-14,17-28,31,34-35H2,1-2H3,(H,53,65);9-10,15-16,29-30,32-33,38-40,43,45H,3-8,11-14,17-28,31,34-35H2,1-2H3,(H,54,65)/t2*45-/m11/s1. The molecule has 18 rings (SSSR count). The summed E-state index contributed by atoms with van der Waals surface area (Å²) in [7, 11) is 4.35. The monoisotopic (exact) mass is 1840 g/mol. The highest BCUT2D eigenvalue weighted by molar-refractivity contribution is 5.91. The van der Waals surface area contributed by atoms with E-state index in [9.17, 15) is 47.9 Å². The van der Waals surface area contributed by atoms with Gasteiger partial charge in [0.2, 0.25) is 11.8 Å². The number of likely N-dealkylation sites (tertiary alicyclic amines) is 4. The number of piperidine rings is 4. The number of para-hydroxylation sites is 2. The lowest BCUT2D eigenvalue weighted by atomic mass is 9.89. The Morgan fingerprint density at radius 3 is 1.17 bits per heavy atom. The molecule has 0 spiro atoms. The van der Waals surface area contributed by atoms with Crippen molar-refractivity contribution in [3.05, 3.63) is 151 Å². The van der Waals surface area contributed by atoms with Crippen molar-refractivity contribution < 1.29 is 57.3 Å². The normalized spacial score (nSPS) is 20.6. The third-order valence-electron chi connectivity index (χ3n) is 31.2. The Morgan fingerprint density at radius 1 is 0.388 bits per heavy atom. The number of nitrogens with zero attached hydrogens (tertiary/aromatic N) is 14. The summed E-state index contributed by atoms with van der Waals surface area (Å²) in [5.74, 6) is -1.47. The summed E-state index contributed by atoms with van der Waals surface area (Å²) >= 11 is 0. The molecule has 10 aliphatic rings. The van der Waals surface area contributed by atoms with Gasteiger partial charge in [-0.25, -0.2) is 19.0 Å². The third-order valence-corrected chi connectivity index (χ3v) is 31.2. The summed E-state index contributed by atoms with van der Waals surface area (Å²) in [5, 5.41) is 19.3. The molecule has 10 heterocycles. The van der Waals surface area contributed by atoms with Crippen LogP contribution in [-0.2, 0) is 87.5 Å². The third kappa shape index (κ3) is 23.1. The molecular weight excluding hydrogens is 1700 g/mol. The fourth-order valence-electron chi connectivity index (χ4n) is 23.2. The number of hydrogen-bond acceptors (Lipinski definition) is 20. The van der Waals surface area contributed by atoms with Gasteiger partial charge in [0.1, 0.15) is 12.1 Å². The molecule has 4 saturated carbocycles. The molecule has 4 aromatic carbocycles. The zero-order valence-corrected chi connectivity index (χ0v) is 79.3. The maximum absolute atomic E-state index is 14.6. The molecule has 2 N–H and O–H groups in total. The first-order valence-electron chi connectivity index (χ1n) is 50.5. The van der Waals surface area contributed by atoms with E-state index in [0.29, 0.717) is 114 Å². The Morgan fingerprint density at radius 2 is 0.761 bits per heavy atom.